The van der Waals surface area contributed by atoms with Crippen LogP contribution in [0, 0.1) is 12.3 Å². The van der Waals surface area contributed by atoms with E-state index in [1.807, 2.05) is 0 Å². The lowest BCUT2D eigenvalue weighted by Gasteiger charge is -2.16. The molecule has 1 amide bonds. The minimum atomic E-state index is -3.81. The predicted octanol–water partition coefficient (Wildman–Crippen LogP) is -0.310. The molecule has 1 aromatic rings. The second-order valence-electron chi connectivity index (χ2n) is 4.17. The zero-order valence-corrected chi connectivity index (χ0v) is 12.3. The van der Waals surface area contributed by atoms with E-state index in [0.717, 1.165) is 21.3 Å². The van der Waals surface area contributed by atoms with E-state index >= 15 is 0 Å². The third-order valence-electron chi connectivity index (χ3n) is 2.42. The summed E-state index contributed by atoms with van der Waals surface area (Å²) < 4.78 is 29.6. The van der Waals surface area contributed by atoms with Gasteiger partial charge in [0.2, 0.25) is 5.09 Å². The summed E-state index contributed by atoms with van der Waals surface area (Å²) in [4.78, 5) is 23.6. The number of terminal acetylenes is 1. The Kier molecular flexibility index (Phi) is 5.12. The second-order valence-corrected chi connectivity index (χ2v) is 6.25. The smallest absolute Gasteiger partial charge is 0.323 e. The van der Waals surface area contributed by atoms with E-state index in [1.165, 1.54) is 14.1 Å². The van der Waals surface area contributed by atoms with Gasteiger partial charge in [-0.3, -0.25) is 9.59 Å². The Balaban J connectivity index is 3.06. The molecule has 0 aromatic carbocycles. The van der Waals surface area contributed by atoms with E-state index in [1.54, 1.807) is 0 Å². The van der Waals surface area contributed by atoms with Gasteiger partial charge in [0.05, 0.1) is 6.54 Å². The number of hydrogen-bond donors (Lipinski definition) is 1. The van der Waals surface area contributed by atoms with Gasteiger partial charge >= 0.3 is 5.97 Å². The molecule has 0 fully saturated rings. The molecule has 1 heterocycles. The number of hydrogen-bond acceptors (Lipinski definition) is 5. The molecule has 1 aromatic heterocycles. The molecule has 0 aliphatic carbocycles. The molecule has 8 nitrogen and oxygen atoms in total. The fraction of sp³-hybridized carbons (Fsp3) is 0.333. The van der Waals surface area contributed by atoms with E-state index in [2.05, 4.69) is 5.92 Å². The highest BCUT2D eigenvalue weighted by atomic mass is 32.2. The summed E-state index contributed by atoms with van der Waals surface area (Å²) in [5.41, 5.74) is 0. The van der Waals surface area contributed by atoms with Crippen LogP contribution in [0.1, 0.15) is 10.6 Å². The fourth-order valence-corrected chi connectivity index (χ4v) is 2.18. The minimum absolute atomic E-state index is 0.235. The van der Waals surface area contributed by atoms with Crippen LogP contribution in [-0.4, -0.2) is 61.8 Å². The largest absolute Gasteiger partial charge is 0.480 e. The van der Waals surface area contributed by atoms with Crippen molar-refractivity contribution in [2.75, 3.05) is 27.2 Å². The summed E-state index contributed by atoms with van der Waals surface area (Å²) in [7, 11) is -1.18. The van der Waals surface area contributed by atoms with Crippen LogP contribution in [0.3, 0.4) is 0 Å². The van der Waals surface area contributed by atoms with Gasteiger partial charge in [-0.1, -0.05) is 5.92 Å². The van der Waals surface area contributed by atoms with Gasteiger partial charge in [0.15, 0.2) is 5.76 Å². The SMILES string of the molecule is C#CCN(CC(=O)O)C(=O)c1ccc(S(=O)(=O)N(C)C)o1. The van der Waals surface area contributed by atoms with Crippen molar-refractivity contribution in [2.45, 2.75) is 5.09 Å². The predicted molar refractivity (Wildman–Crippen MR) is 72.0 cm³/mol. The molecule has 9 heteroatoms. The lowest BCUT2D eigenvalue weighted by atomic mass is 10.3. The average molecular weight is 314 g/mol. The summed E-state index contributed by atoms with van der Waals surface area (Å²) in [5.74, 6) is -0.186. The Morgan fingerprint density at radius 2 is 2.00 bits per heavy atom. The molecule has 0 atom stereocenters. The molecule has 0 unspecified atom stereocenters. The monoisotopic (exact) mass is 314 g/mol. The van der Waals surface area contributed by atoms with Crippen molar-refractivity contribution in [3.63, 3.8) is 0 Å². The van der Waals surface area contributed by atoms with Crippen molar-refractivity contribution in [1.29, 1.82) is 0 Å². The molecule has 0 radical (unpaired) electrons. The van der Waals surface area contributed by atoms with Crippen LogP contribution in [0.4, 0.5) is 0 Å². The summed E-state index contributed by atoms with van der Waals surface area (Å²) in [5, 5.41) is 8.31. The highest BCUT2D eigenvalue weighted by Crippen LogP contribution is 2.18. The first-order chi connectivity index (χ1) is 9.70. The molecular formula is C12H14N2O6S. The first kappa shape index (κ1) is 16.7. The molecule has 0 saturated carbocycles. The van der Waals surface area contributed by atoms with Crippen molar-refractivity contribution < 1.29 is 27.5 Å². The molecule has 1 N–H and O–H groups in total. The highest BCUT2D eigenvalue weighted by molar-refractivity contribution is 7.88. The van der Waals surface area contributed by atoms with Gasteiger partial charge in [-0.15, -0.1) is 6.42 Å². The molecule has 0 bridgehead atoms. The van der Waals surface area contributed by atoms with E-state index in [0.29, 0.717) is 0 Å². The third-order valence-corrected chi connectivity index (χ3v) is 4.11. The maximum absolute atomic E-state index is 12.0. The third kappa shape index (κ3) is 3.84. The van der Waals surface area contributed by atoms with Gasteiger partial charge in [0, 0.05) is 14.1 Å². The molecule has 0 saturated heterocycles. The van der Waals surface area contributed by atoms with Gasteiger partial charge < -0.3 is 14.4 Å². The molecule has 0 spiro atoms. The number of furan rings is 1. The van der Waals surface area contributed by atoms with Gasteiger partial charge in [-0.05, 0) is 12.1 Å². The normalized spacial score (nSPS) is 11.1. The minimum Gasteiger partial charge on any atom is -0.480 e. The van der Waals surface area contributed by atoms with Crippen LogP contribution >= 0.6 is 0 Å². The van der Waals surface area contributed by atoms with Gasteiger partial charge in [0.1, 0.15) is 6.54 Å². The van der Waals surface area contributed by atoms with E-state index in [4.69, 9.17) is 15.9 Å². The Morgan fingerprint density at radius 3 is 2.48 bits per heavy atom. The van der Waals surface area contributed by atoms with E-state index in [-0.39, 0.29) is 12.3 Å². The first-order valence-electron chi connectivity index (χ1n) is 5.67. The van der Waals surface area contributed by atoms with Gasteiger partial charge in [-0.25, -0.2) is 12.7 Å². The summed E-state index contributed by atoms with van der Waals surface area (Å²) in [6.07, 6.45) is 5.07. The van der Waals surface area contributed by atoms with Crippen LogP contribution in [0.5, 0.6) is 0 Å². The Bertz CT molecular complexity index is 683. The van der Waals surface area contributed by atoms with Crippen LogP contribution in [0.2, 0.25) is 0 Å². The lowest BCUT2D eigenvalue weighted by Crippen LogP contribution is -2.35. The van der Waals surface area contributed by atoms with E-state index in [9.17, 15) is 18.0 Å². The second kappa shape index (κ2) is 6.43. The van der Waals surface area contributed by atoms with Crippen LogP contribution < -0.4 is 0 Å². The number of carbonyl (C=O) groups is 2. The fourth-order valence-electron chi connectivity index (χ4n) is 1.38. The van der Waals surface area contributed by atoms with Gasteiger partial charge in [-0.2, -0.15) is 0 Å². The van der Waals surface area contributed by atoms with Gasteiger partial charge in [0.25, 0.3) is 15.9 Å². The summed E-state index contributed by atoms with van der Waals surface area (Å²) in [6, 6.07) is 2.28. The van der Waals surface area contributed by atoms with Crippen molar-refractivity contribution in [3.8, 4) is 12.3 Å². The van der Waals surface area contributed by atoms with Crippen molar-refractivity contribution in [1.82, 2.24) is 9.21 Å². The number of rotatable bonds is 6. The number of carboxylic acid groups (broad SMARTS) is 1. The van der Waals surface area contributed by atoms with Crippen molar-refractivity contribution in [3.05, 3.63) is 17.9 Å². The average Bonchev–Trinajstić information content (AvgIpc) is 2.86. The molecule has 1 rings (SSSR count). The van der Waals surface area contributed by atoms with Crippen molar-refractivity contribution in [2.24, 2.45) is 0 Å². The van der Waals surface area contributed by atoms with E-state index < -0.39 is 33.5 Å². The first-order valence-corrected chi connectivity index (χ1v) is 7.11. The standard InChI is InChI=1S/C12H14N2O6S/c1-4-7-14(8-10(15)16)12(17)9-5-6-11(20-9)21(18,19)13(2)3/h1,5-6H,7-8H2,2-3H3,(H,15,16). The van der Waals surface area contributed by atoms with Crippen LogP contribution in [-0.2, 0) is 14.8 Å². The number of nitrogens with zero attached hydrogens (tertiary/aromatic N) is 2. The van der Waals surface area contributed by atoms with Crippen molar-refractivity contribution >= 4 is 21.9 Å². The van der Waals surface area contributed by atoms with Crippen LogP contribution in [0.25, 0.3) is 0 Å². The molecule has 21 heavy (non-hydrogen) atoms. The number of aliphatic carboxylic acids is 1. The maximum Gasteiger partial charge on any atom is 0.323 e. The Hall–Kier alpha value is -2.31. The highest BCUT2D eigenvalue weighted by Gasteiger charge is 2.26. The molecule has 114 valence electrons. The summed E-state index contributed by atoms with van der Waals surface area (Å²) in [6.45, 7) is -0.846. The number of amides is 1. The zero-order valence-electron chi connectivity index (χ0n) is 11.4. The molecular weight excluding hydrogens is 300 g/mol. The topological polar surface area (TPSA) is 108 Å². The number of sulfonamides is 1. The zero-order chi connectivity index (χ0) is 16.2. The summed E-state index contributed by atoms with van der Waals surface area (Å²) >= 11 is 0. The Morgan fingerprint density at radius 1 is 1.38 bits per heavy atom. The van der Waals surface area contributed by atoms with Crippen LogP contribution in [0.15, 0.2) is 21.6 Å². The number of carbonyl (C=O) groups excluding carboxylic acids is 1. The maximum atomic E-state index is 12.0. The molecule has 0 aliphatic rings. The lowest BCUT2D eigenvalue weighted by molar-refractivity contribution is -0.137. The Labute approximate surface area is 122 Å². The quantitative estimate of drug-likeness (QED) is 0.722. The molecule has 0 aliphatic heterocycles. The number of carboxylic acids is 1.